The van der Waals surface area contributed by atoms with E-state index in [1.807, 2.05) is 18.2 Å². The number of aliphatic hydroxyl groups is 3. The highest BCUT2D eigenvalue weighted by molar-refractivity contribution is 6.31. The molecule has 6 nitrogen and oxygen atoms in total. The molecule has 1 fully saturated rings. The summed E-state index contributed by atoms with van der Waals surface area (Å²) < 4.78 is 11.7. The van der Waals surface area contributed by atoms with E-state index in [-0.39, 0.29) is 6.61 Å². The molecule has 4 N–H and O–H groups in total. The summed E-state index contributed by atoms with van der Waals surface area (Å²) in [7, 11) is 0. The number of rotatable bonds is 5. The van der Waals surface area contributed by atoms with Crippen LogP contribution in [0, 0.1) is 0 Å². The fourth-order valence-electron chi connectivity index (χ4n) is 4.21. The lowest BCUT2D eigenvalue weighted by Crippen LogP contribution is -2.38. The van der Waals surface area contributed by atoms with Gasteiger partial charge in [-0.05, 0) is 53.8 Å². The molecule has 7 heteroatoms. The third-order valence-electron chi connectivity index (χ3n) is 5.81. The number of anilines is 1. The molecule has 0 spiro atoms. The zero-order valence-corrected chi connectivity index (χ0v) is 17.7. The minimum Gasteiger partial charge on any atom is -0.490 e. The van der Waals surface area contributed by atoms with Gasteiger partial charge in [-0.3, -0.25) is 0 Å². The van der Waals surface area contributed by atoms with Gasteiger partial charge in [0.15, 0.2) is 0 Å². The van der Waals surface area contributed by atoms with Gasteiger partial charge in [-0.1, -0.05) is 23.7 Å². The molecule has 2 heterocycles. The van der Waals surface area contributed by atoms with Gasteiger partial charge >= 0.3 is 0 Å². The maximum atomic E-state index is 10.3. The molecular formula is C23H28ClNO5. The van der Waals surface area contributed by atoms with Crippen LogP contribution in [-0.2, 0) is 17.8 Å². The van der Waals surface area contributed by atoms with Gasteiger partial charge in [0, 0.05) is 24.4 Å². The van der Waals surface area contributed by atoms with Crippen molar-refractivity contribution >= 4 is 17.3 Å². The van der Waals surface area contributed by atoms with E-state index in [9.17, 15) is 15.3 Å². The Labute approximate surface area is 181 Å². The lowest BCUT2D eigenvalue weighted by Gasteiger charge is -2.35. The van der Waals surface area contributed by atoms with Crippen LogP contribution in [-0.4, -0.2) is 46.8 Å². The van der Waals surface area contributed by atoms with Crippen molar-refractivity contribution < 1.29 is 24.8 Å². The first-order valence-corrected chi connectivity index (χ1v) is 10.8. The predicted molar refractivity (Wildman–Crippen MR) is 115 cm³/mol. The molecule has 2 aromatic carbocycles. The Morgan fingerprint density at radius 3 is 2.80 bits per heavy atom. The van der Waals surface area contributed by atoms with Crippen LogP contribution in [0.5, 0.6) is 5.75 Å². The largest absolute Gasteiger partial charge is 0.490 e. The zero-order chi connectivity index (χ0) is 21.3. The average Bonchev–Trinajstić information content (AvgIpc) is 2.74. The topological polar surface area (TPSA) is 91.2 Å². The third kappa shape index (κ3) is 4.58. The number of ether oxygens (including phenoxy) is 2. The molecule has 4 atom stereocenters. The summed E-state index contributed by atoms with van der Waals surface area (Å²) in [5, 5.41) is 34.0. The maximum Gasteiger partial charge on any atom is 0.142 e. The monoisotopic (exact) mass is 433 g/mol. The van der Waals surface area contributed by atoms with E-state index < -0.39 is 24.4 Å². The Kier molecular flexibility index (Phi) is 6.51. The summed E-state index contributed by atoms with van der Waals surface area (Å²) in [4.78, 5) is 0. The second kappa shape index (κ2) is 9.12. The lowest BCUT2D eigenvalue weighted by molar-refractivity contribution is -0.136. The second-order valence-electron chi connectivity index (χ2n) is 8.11. The Hall–Kier alpha value is -1.83. The summed E-state index contributed by atoms with van der Waals surface area (Å²) >= 11 is 6.54. The van der Waals surface area contributed by atoms with Crippen LogP contribution in [0.2, 0.25) is 5.02 Å². The van der Waals surface area contributed by atoms with Gasteiger partial charge in [-0.25, -0.2) is 0 Å². The molecule has 2 aliphatic heterocycles. The first kappa shape index (κ1) is 21.4. The molecule has 2 aromatic rings. The number of halogens is 1. The summed E-state index contributed by atoms with van der Waals surface area (Å²) in [5.74, 6) is 0.848. The normalized spacial score (nSPS) is 24.5. The first-order chi connectivity index (χ1) is 14.4. The molecule has 0 bridgehead atoms. The number of hydrogen-bond donors (Lipinski definition) is 4. The Balaban J connectivity index is 1.63. The summed E-state index contributed by atoms with van der Waals surface area (Å²) in [6, 6.07) is 9.77. The highest BCUT2D eigenvalue weighted by Crippen LogP contribution is 2.37. The molecule has 162 valence electrons. The van der Waals surface area contributed by atoms with Crippen LogP contribution < -0.4 is 10.1 Å². The van der Waals surface area contributed by atoms with Gasteiger partial charge in [0.25, 0.3) is 0 Å². The molecule has 4 rings (SSSR count). The Morgan fingerprint density at radius 1 is 1.20 bits per heavy atom. The predicted octanol–water partition coefficient (Wildman–Crippen LogP) is 3.19. The van der Waals surface area contributed by atoms with Crippen molar-refractivity contribution in [3.05, 3.63) is 57.6 Å². The summed E-state index contributed by atoms with van der Waals surface area (Å²) in [6.45, 7) is 2.92. The van der Waals surface area contributed by atoms with Gasteiger partial charge in [-0.15, -0.1) is 0 Å². The number of hydrogen-bond acceptors (Lipinski definition) is 6. The third-order valence-corrected chi connectivity index (χ3v) is 6.16. The standard InChI is InChI=1S/C23H28ClNO5/c1-13(27)22-10-17(28)11-23(30-22)18-8-15(19(24)9-16(18)12-26)6-14-2-3-21-20(7-14)25-4-5-29-21/h2-3,7-9,13,17,22-23,25-28H,4-6,10-12H2,1H3. The van der Waals surface area contributed by atoms with Gasteiger partial charge in [-0.2, -0.15) is 0 Å². The van der Waals surface area contributed by atoms with Gasteiger partial charge in [0.05, 0.1) is 36.7 Å². The van der Waals surface area contributed by atoms with Crippen molar-refractivity contribution in [2.75, 3.05) is 18.5 Å². The van der Waals surface area contributed by atoms with Crippen molar-refractivity contribution in [3.8, 4) is 5.75 Å². The molecule has 30 heavy (non-hydrogen) atoms. The second-order valence-corrected chi connectivity index (χ2v) is 8.52. The Morgan fingerprint density at radius 2 is 2.03 bits per heavy atom. The van der Waals surface area contributed by atoms with E-state index in [2.05, 4.69) is 11.4 Å². The molecule has 2 aliphatic rings. The average molecular weight is 434 g/mol. The van der Waals surface area contributed by atoms with Crippen LogP contribution in [0.1, 0.15) is 48.1 Å². The van der Waals surface area contributed by atoms with E-state index in [1.54, 1.807) is 13.0 Å². The highest BCUT2D eigenvalue weighted by Gasteiger charge is 2.33. The maximum absolute atomic E-state index is 10.3. The number of nitrogens with one attached hydrogen (secondary N) is 1. The Bertz CT molecular complexity index is 903. The molecule has 0 aromatic heterocycles. The van der Waals surface area contributed by atoms with E-state index in [0.717, 1.165) is 34.7 Å². The minimum absolute atomic E-state index is 0.176. The van der Waals surface area contributed by atoms with E-state index in [1.165, 1.54) is 0 Å². The van der Waals surface area contributed by atoms with Crippen LogP contribution in [0.15, 0.2) is 30.3 Å². The molecule has 0 saturated carbocycles. The lowest BCUT2D eigenvalue weighted by atomic mass is 9.90. The highest BCUT2D eigenvalue weighted by atomic mass is 35.5. The number of fused-ring (bicyclic) bond motifs is 1. The zero-order valence-electron chi connectivity index (χ0n) is 17.0. The number of benzene rings is 2. The van der Waals surface area contributed by atoms with E-state index in [0.29, 0.717) is 36.5 Å². The smallest absolute Gasteiger partial charge is 0.142 e. The summed E-state index contributed by atoms with van der Waals surface area (Å²) in [6.07, 6.45) is -0.689. The molecule has 4 unspecified atom stereocenters. The van der Waals surface area contributed by atoms with Crippen molar-refractivity contribution in [1.29, 1.82) is 0 Å². The van der Waals surface area contributed by atoms with Crippen molar-refractivity contribution in [1.82, 2.24) is 0 Å². The van der Waals surface area contributed by atoms with Crippen molar-refractivity contribution in [2.45, 2.75) is 57.2 Å². The van der Waals surface area contributed by atoms with Gasteiger partial charge in [0.1, 0.15) is 12.4 Å². The van der Waals surface area contributed by atoms with Crippen LogP contribution in [0.3, 0.4) is 0 Å². The minimum atomic E-state index is -0.683. The quantitative estimate of drug-likeness (QED) is 0.579. The fourth-order valence-corrected chi connectivity index (χ4v) is 4.47. The SMILES string of the molecule is CC(O)C1CC(O)CC(c2cc(Cc3ccc4c(c3)NCCO4)c(Cl)cc2CO)O1. The van der Waals surface area contributed by atoms with Crippen molar-refractivity contribution in [2.24, 2.45) is 0 Å². The molecule has 1 saturated heterocycles. The fraction of sp³-hybridized carbons (Fsp3) is 0.478. The molecule has 0 amide bonds. The molecule has 0 radical (unpaired) electrons. The summed E-state index contributed by atoms with van der Waals surface area (Å²) in [5.41, 5.74) is 4.45. The van der Waals surface area contributed by atoms with Crippen LogP contribution >= 0.6 is 11.6 Å². The van der Waals surface area contributed by atoms with Crippen LogP contribution in [0.4, 0.5) is 5.69 Å². The molecule has 0 aliphatic carbocycles. The van der Waals surface area contributed by atoms with E-state index in [4.69, 9.17) is 21.1 Å². The van der Waals surface area contributed by atoms with Gasteiger partial charge in [0.2, 0.25) is 0 Å². The first-order valence-electron chi connectivity index (χ1n) is 10.4. The van der Waals surface area contributed by atoms with Gasteiger partial charge < -0.3 is 30.1 Å². The van der Waals surface area contributed by atoms with Crippen LogP contribution in [0.25, 0.3) is 0 Å². The number of aliphatic hydroxyl groups excluding tert-OH is 3. The van der Waals surface area contributed by atoms with E-state index >= 15 is 0 Å². The molecular weight excluding hydrogens is 406 g/mol. The van der Waals surface area contributed by atoms with Crippen molar-refractivity contribution in [3.63, 3.8) is 0 Å².